The largest absolute Gasteiger partial charge is 0.325 e. The molecule has 0 radical (unpaired) electrons. The molecule has 102 valence electrons. The predicted molar refractivity (Wildman–Crippen MR) is 78.1 cm³/mol. The Bertz CT molecular complexity index is 659. The lowest BCUT2D eigenvalue weighted by Crippen LogP contribution is -2.09. The van der Waals surface area contributed by atoms with E-state index in [-0.39, 0.29) is 11.2 Å². The molecule has 1 amide bonds. The van der Waals surface area contributed by atoms with Crippen molar-refractivity contribution in [3.8, 4) is 0 Å². The molecule has 2 aromatic heterocycles. The van der Waals surface area contributed by atoms with Gasteiger partial charge in [0.1, 0.15) is 17.5 Å². The number of halogens is 1. The lowest BCUT2D eigenvalue weighted by atomic mass is 10.3. The van der Waals surface area contributed by atoms with E-state index < -0.39 is 0 Å². The summed E-state index contributed by atoms with van der Waals surface area (Å²) < 4.78 is 0. The quantitative estimate of drug-likeness (QED) is 0.668. The van der Waals surface area contributed by atoms with Crippen LogP contribution in [0.1, 0.15) is 5.56 Å². The molecule has 0 fully saturated rings. The maximum absolute atomic E-state index is 11.2. The van der Waals surface area contributed by atoms with Crippen molar-refractivity contribution in [3.05, 3.63) is 47.9 Å². The van der Waals surface area contributed by atoms with Gasteiger partial charge >= 0.3 is 0 Å². The summed E-state index contributed by atoms with van der Waals surface area (Å²) in [5.41, 5.74) is 0.830. The normalized spacial score (nSPS) is 9.90. The number of hydrogen-bond acceptors (Lipinski definition) is 5. The molecule has 0 saturated heterocycles. The number of anilines is 3. The minimum Gasteiger partial charge on any atom is -0.325 e. The van der Waals surface area contributed by atoms with Crippen LogP contribution in [0, 0.1) is 6.92 Å². The third kappa shape index (κ3) is 3.52. The van der Waals surface area contributed by atoms with E-state index in [1.807, 2.05) is 6.92 Å². The van der Waals surface area contributed by atoms with Gasteiger partial charge in [-0.1, -0.05) is 12.6 Å². The highest BCUT2D eigenvalue weighted by Gasteiger charge is 2.05. The average molecular weight is 290 g/mol. The van der Waals surface area contributed by atoms with E-state index >= 15 is 0 Å². The topological polar surface area (TPSA) is 79.8 Å². The van der Waals surface area contributed by atoms with Crippen molar-refractivity contribution in [2.75, 3.05) is 10.6 Å². The van der Waals surface area contributed by atoms with Gasteiger partial charge in [-0.15, -0.1) is 0 Å². The highest BCUT2D eigenvalue weighted by atomic mass is 35.5. The van der Waals surface area contributed by atoms with Gasteiger partial charge in [0.15, 0.2) is 0 Å². The lowest BCUT2D eigenvalue weighted by Gasteiger charge is -2.09. The monoisotopic (exact) mass is 289 g/mol. The Morgan fingerprint density at radius 1 is 1.35 bits per heavy atom. The molecular weight excluding hydrogens is 278 g/mol. The molecule has 2 N–H and O–H groups in total. The highest BCUT2D eigenvalue weighted by molar-refractivity contribution is 6.28. The number of aryl methyl sites for hydroxylation is 1. The maximum atomic E-state index is 11.2. The second-order valence-electron chi connectivity index (χ2n) is 3.90. The Morgan fingerprint density at radius 2 is 2.10 bits per heavy atom. The molecule has 0 aliphatic carbocycles. The van der Waals surface area contributed by atoms with Crippen molar-refractivity contribution < 1.29 is 4.79 Å². The van der Waals surface area contributed by atoms with Crippen LogP contribution in [-0.2, 0) is 4.79 Å². The van der Waals surface area contributed by atoms with Gasteiger partial charge in [-0.2, -0.15) is 0 Å². The molecular formula is C13H12ClN5O. The minimum atomic E-state index is -0.323. The number of carbonyl (C=O) groups is 1. The first kappa shape index (κ1) is 14.0. The second-order valence-corrected chi connectivity index (χ2v) is 4.24. The van der Waals surface area contributed by atoms with Crippen LogP contribution in [0.4, 0.5) is 17.5 Å². The standard InChI is InChI=1S/C13H12ClN5O/c1-3-11(20)17-9-5-4-6-10(16-9)18-12-8(2)7-15-13(14)19-12/h3-7H,1H2,2H3,(H2,15,16,17,18,19,20). The van der Waals surface area contributed by atoms with E-state index in [0.29, 0.717) is 17.5 Å². The highest BCUT2D eigenvalue weighted by Crippen LogP contribution is 2.18. The average Bonchev–Trinajstić information content (AvgIpc) is 2.43. The van der Waals surface area contributed by atoms with Crippen molar-refractivity contribution in [1.29, 1.82) is 0 Å². The van der Waals surface area contributed by atoms with E-state index in [1.54, 1.807) is 24.4 Å². The minimum absolute atomic E-state index is 0.147. The molecule has 2 heterocycles. The van der Waals surface area contributed by atoms with Crippen LogP contribution in [0.5, 0.6) is 0 Å². The van der Waals surface area contributed by atoms with E-state index in [9.17, 15) is 4.79 Å². The number of hydrogen-bond donors (Lipinski definition) is 2. The van der Waals surface area contributed by atoms with Gasteiger partial charge in [-0.05, 0) is 36.7 Å². The molecule has 0 aliphatic rings. The number of nitrogens with one attached hydrogen (secondary N) is 2. The molecule has 0 unspecified atom stereocenters. The Labute approximate surface area is 120 Å². The van der Waals surface area contributed by atoms with Crippen LogP contribution in [0.3, 0.4) is 0 Å². The molecule has 0 aromatic carbocycles. The summed E-state index contributed by atoms with van der Waals surface area (Å²) >= 11 is 5.75. The van der Waals surface area contributed by atoms with Crippen molar-refractivity contribution in [1.82, 2.24) is 15.0 Å². The van der Waals surface area contributed by atoms with Crippen LogP contribution in [0.2, 0.25) is 5.28 Å². The van der Waals surface area contributed by atoms with Crippen LogP contribution >= 0.6 is 11.6 Å². The van der Waals surface area contributed by atoms with Gasteiger partial charge < -0.3 is 10.6 Å². The number of pyridine rings is 1. The number of aromatic nitrogens is 3. The van der Waals surface area contributed by atoms with Crippen molar-refractivity contribution >= 4 is 35.0 Å². The van der Waals surface area contributed by atoms with Crippen LogP contribution in [0.25, 0.3) is 0 Å². The molecule has 7 heteroatoms. The van der Waals surface area contributed by atoms with E-state index in [2.05, 4.69) is 32.2 Å². The SMILES string of the molecule is C=CC(=O)Nc1cccc(Nc2nc(Cl)ncc2C)n1. The Hall–Kier alpha value is -2.47. The molecule has 0 atom stereocenters. The smallest absolute Gasteiger partial charge is 0.248 e. The number of carbonyl (C=O) groups excluding carboxylic acids is 1. The molecule has 0 bridgehead atoms. The number of rotatable bonds is 4. The first-order valence-electron chi connectivity index (χ1n) is 5.75. The fourth-order valence-electron chi connectivity index (χ4n) is 1.42. The fraction of sp³-hybridized carbons (Fsp3) is 0.0769. The van der Waals surface area contributed by atoms with E-state index in [0.717, 1.165) is 5.56 Å². The summed E-state index contributed by atoms with van der Waals surface area (Å²) in [5, 5.41) is 5.75. The molecule has 0 aliphatic heterocycles. The third-order valence-electron chi connectivity index (χ3n) is 2.37. The van der Waals surface area contributed by atoms with E-state index in [1.165, 1.54) is 6.08 Å². The molecule has 20 heavy (non-hydrogen) atoms. The summed E-state index contributed by atoms with van der Waals surface area (Å²) in [6, 6.07) is 5.18. The zero-order chi connectivity index (χ0) is 14.5. The Kier molecular flexibility index (Phi) is 4.27. The maximum Gasteiger partial charge on any atom is 0.248 e. The molecule has 0 saturated carbocycles. The summed E-state index contributed by atoms with van der Waals surface area (Å²) in [6.07, 6.45) is 2.79. The number of nitrogens with zero attached hydrogens (tertiary/aromatic N) is 3. The van der Waals surface area contributed by atoms with Gasteiger partial charge in [0.05, 0.1) is 0 Å². The first-order valence-corrected chi connectivity index (χ1v) is 6.13. The first-order chi connectivity index (χ1) is 9.58. The van der Waals surface area contributed by atoms with Crippen LogP contribution in [0.15, 0.2) is 37.1 Å². The van der Waals surface area contributed by atoms with Crippen LogP contribution in [-0.4, -0.2) is 20.9 Å². The van der Waals surface area contributed by atoms with Gasteiger partial charge in [0, 0.05) is 11.8 Å². The fourth-order valence-corrected chi connectivity index (χ4v) is 1.55. The molecule has 2 rings (SSSR count). The van der Waals surface area contributed by atoms with Gasteiger partial charge in [-0.25, -0.2) is 15.0 Å². The van der Waals surface area contributed by atoms with E-state index in [4.69, 9.17) is 11.6 Å². The van der Waals surface area contributed by atoms with Gasteiger partial charge in [0.25, 0.3) is 0 Å². The third-order valence-corrected chi connectivity index (χ3v) is 2.56. The summed E-state index contributed by atoms with van der Waals surface area (Å²) in [5.74, 6) is 1.18. The van der Waals surface area contributed by atoms with Gasteiger partial charge in [-0.3, -0.25) is 4.79 Å². The summed E-state index contributed by atoms with van der Waals surface area (Å²) in [4.78, 5) is 23.4. The Morgan fingerprint density at radius 3 is 2.85 bits per heavy atom. The zero-order valence-electron chi connectivity index (χ0n) is 10.7. The number of amides is 1. The Balaban J connectivity index is 2.21. The van der Waals surface area contributed by atoms with Crippen molar-refractivity contribution in [3.63, 3.8) is 0 Å². The second kappa shape index (κ2) is 6.12. The molecule has 0 spiro atoms. The molecule has 2 aromatic rings. The lowest BCUT2D eigenvalue weighted by molar-refractivity contribution is -0.111. The molecule has 6 nitrogen and oxygen atoms in total. The van der Waals surface area contributed by atoms with Crippen LogP contribution < -0.4 is 10.6 Å². The summed E-state index contributed by atoms with van der Waals surface area (Å²) in [6.45, 7) is 5.23. The zero-order valence-corrected chi connectivity index (χ0v) is 11.5. The summed E-state index contributed by atoms with van der Waals surface area (Å²) in [7, 11) is 0. The van der Waals surface area contributed by atoms with Crippen molar-refractivity contribution in [2.24, 2.45) is 0 Å². The van der Waals surface area contributed by atoms with Gasteiger partial charge in [0.2, 0.25) is 11.2 Å². The van der Waals surface area contributed by atoms with Crippen molar-refractivity contribution in [2.45, 2.75) is 6.92 Å². The predicted octanol–water partition coefficient (Wildman–Crippen LogP) is 2.70.